The molecular formula is C20H28INOSi. The van der Waals surface area contributed by atoms with E-state index in [1.165, 1.54) is 6.42 Å². The lowest BCUT2D eigenvalue weighted by atomic mass is 9.84. The van der Waals surface area contributed by atoms with Crippen molar-refractivity contribution in [1.29, 1.82) is 0 Å². The molecular weight excluding hydrogens is 425 g/mol. The molecule has 2 nitrogen and oxygen atoms in total. The summed E-state index contributed by atoms with van der Waals surface area (Å²) in [5.41, 5.74) is 4.21. The van der Waals surface area contributed by atoms with E-state index in [0.29, 0.717) is 0 Å². The average Bonchev–Trinajstić information content (AvgIpc) is 2.51. The Labute approximate surface area is 161 Å². The number of carbonyl (C=O) groups is 1. The second-order valence-electron chi connectivity index (χ2n) is 7.94. The van der Waals surface area contributed by atoms with Gasteiger partial charge in [0.2, 0.25) is 0 Å². The van der Waals surface area contributed by atoms with Crippen molar-refractivity contribution >= 4 is 36.6 Å². The highest BCUT2D eigenvalue weighted by Gasteiger charge is 2.37. The van der Waals surface area contributed by atoms with Gasteiger partial charge in [-0.3, -0.25) is 4.79 Å². The normalized spacial score (nSPS) is 21.1. The molecule has 0 spiro atoms. The fourth-order valence-corrected chi connectivity index (χ4v) is 4.50. The maximum atomic E-state index is 13.1. The van der Waals surface area contributed by atoms with Crippen LogP contribution in [0.1, 0.15) is 49.4 Å². The van der Waals surface area contributed by atoms with Gasteiger partial charge >= 0.3 is 0 Å². The second-order valence-corrected chi connectivity index (χ2v) is 13.9. The molecule has 0 aliphatic carbocycles. The number of rotatable bonds is 3. The van der Waals surface area contributed by atoms with Crippen LogP contribution >= 0.6 is 22.6 Å². The van der Waals surface area contributed by atoms with Crippen LogP contribution in [0.15, 0.2) is 24.3 Å². The fourth-order valence-electron chi connectivity index (χ4n) is 3.23. The Hall–Kier alpha value is -0.803. The molecule has 0 saturated carbocycles. The molecule has 1 aliphatic heterocycles. The maximum Gasteiger partial charge on any atom is 0.255 e. The van der Waals surface area contributed by atoms with Gasteiger partial charge in [0.25, 0.3) is 5.91 Å². The van der Waals surface area contributed by atoms with E-state index in [4.69, 9.17) is 0 Å². The van der Waals surface area contributed by atoms with Crippen LogP contribution in [0.3, 0.4) is 0 Å². The topological polar surface area (TPSA) is 20.3 Å². The van der Waals surface area contributed by atoms with Gasteiger partial charge in [-0.15, -0.1) is 11.5 Å². The Morgan fingerprint density at radius 2 is 2.00 bits per heavy atom. The van der Waals surface area contributed by atoms with E-state index in [2.05, 4.69) is 65.5 Å². The monoisotopic (exact) mass is 453 g/mol. The van der Waals surface area contributed by atoms with E-state index < -0.39 is 8.07 Å². The molecule has 0 bridgehead atoms. The zero-order valence-electron chi connectivity index (χ0n) is 15.3. The zero-order chi connectivity index (χ0) is 17.8. The zero-order valence-corrected chi connectivity index (χ0v) is 18.4. The third kappa shape index (κ3) is 5.09. The van der Waals surface area contributed by atoms with Crippen molar-refractivity contribution in [3.8, 4) is 11.5 Å². The number of hydrogen-bond donors (Lipinski definition) is 0. The third-order valence-corrected chi connectivity index (χ3v) is 6.47. The first-order valence-corrected chi connectivity index (χ1v) is 13.4. The van der Waals surface area contributed by atoms with Crippen molar-refractivity contribution in [2.75, 3.05) is 6.54 Å². The summed E-state index contributed by atoms with van der Waals surface area (Å²) >= 11 is 2.26. The molecule has 1 aliphatic rings. The van der Waals surface area contributed by atoms with E-state index in [0.717, 1.165) is 41.4 Å². The van der Waals surface area contributed by atoms with Crippen LogP contribution in [0, 0.1) is 15.0 Å². The van der Waals surface area contributed by atoms with Crippen LogP contribution in [0.25, 0.3) is 0 Å². The van der Waals surface area contributed by atoms with Gasteiger partial charge in [-0.1, -0.05) is 31.8 Å². The van der Waals surface area contributed by atoms with Crippen molar-refractivity contribution in [3.63, 3.8) is 0 Å². The quantitative estimate of drug-likeness (QED) is 0.344. The number of hydrogen-bond acceptors (Lipinski definition) is 1. The molecule has 0 radical (unpaired) electrons. The van der Waals surface area contributed by atoms with Gasteiger partial charge in [0.1, 0.15) is 8.07 Å². The average molecular weight is 453 g/mol. The molecule has 130 valence electrons. The third-order valence-electron chi connectivity index (χ3n) is 4.60. The molecule has 1 aromatic rings. The van der Waals surface area contributed by atoms with Crippen molar-refractivity contribution in [3.05, 3.63) is 33.4 Å². The Balaban J connectivity index is 2.15. The summed E-state index contributed by atoms with van der Waals surface area (Å²) in [5.74, 6) is 3.56. The van der Waals surface area contributed by atoms with Crippen LogP contribution in [0.5, 0.6) is 0 Å². The number of carbonyl (C=O) groups excluding carboxylic acids is 1. The van der Waals surface area contributed by atoms with Gasteiger partial charge in [-0.2, -0.15) is 0 Å². The SMILES string of the molecule is CC1(CCC#C[Si](C)(C)C)CCCCN1C(=O)c1ccccc1I. The van der Waals surface area contributed by atoms with E-state index in [1.807, 2.05) is 24.3 Å². The summed E-state index contributed by atoms with van der Waals surface area (Å²) in [5, 5.41) is 0. The molecule has 4 heteroatoms. The van der Waals surface area contributed by atoms with E-state index in [9.17, 15) is 4.79 Å². The minimum atomic E-state index is -1.31. The highest BCUT2D eigenvalue weighted by molar-refractivity contribution is 14.1. The Kier molecular flexibility index (Phi) is 6.55. The predicted octanol–water partition coefficient (Wildman–Crippen LogP) is 5.34. The van der Waals surface area contributed by atoms with Crippen molar-refractivity contribution in [2.24, 2.45) is 0 Å². The molecule has 1 saturated heterocycles. The molecule has 0 aromatic heterocycles. The molecule has 1 amide bonds. The molecule has 24 heavy (non-hydrogen) atoms. The van der Waals surface area contributed by atoms with Gasteiger partial charge in [0.05, 0.1) is 5.56 Å². The molecule has 1 unspecified atom stereocenters. The summed E-state index contributed by atoms with van der Waals surface area (Å²) < 4.78 is 1.03. The summed E-state index contributed by atoms with van der Waals surface area (Å²) in [4.78, 5) is 15.2. The summed E-state index contributed by atoms with van der Waals surface area (Å²) in [7, 11) is -1.31. The number of halogens is 1. The Morgan fingerprint density at radius 3 is 2.67 bits per heavy atom. The lowest BCUT2D eigenvalue weighted by molar-refractivity contribution is 0.0350. The predicted molar refractivity (Wildman–Crippen MR) is 113 cm³/mol. The van der Waals surface area contributed by atoms with Crippen LogP contribution < -0.4 is 0 Å². The molecule has 1 fully saturated rings. The van der Waals surface area contributed by atoms with Crippen molar-refractivity contribution in [2.45, 2.75) is 64.2 Å². The first-order valence-electron chi connectivity index (χ1n) is 8.79. The van der Waals surface area contributed by atoms with Gasteiger partial charge in [-0.05, 0) is 67.3 Å². The lowest BCUT2D eigenvalue weighted by Gasteiger charge is -2.45. The molecule has 1 aromatic carbocycles. The Bertz CT molecular complexity index is 656. The number of benzene rings is 1. The summed E-state index contributed by atoms with van der Waals surface area (Å²) in [6, 6.07) is 7.90. The van der Waals surface area contributed by atoms with E-state index >= 15 is 0 Å². The minimum Gasteiger partial charge on any atom is -0.333 e. The molecule has 2 rings (SSSR count). The van der Waals surface area contributed by atoms with Crippen LogP contribution in [-0.4, -0.2) is 31.0 Å². The largest absolute Gasteiger partial charge is 0.333 e. The van der Waals surface area contributed by atoms with Gasteiger partial charge < -0.3 is 4.90 Å². The second kappa shape index (κ2) is 8.05. The van der Waals surface area contributed by atoms with Crippen LogP contribution in [-0.2, 0) is 0 Å². The van der Waals surface area contributed by atoms with Crippen LogP contribution in [0.2, 0.25) is 19.6 Å². The first kappa shape index (κ1) is 19.5. The van der Waals surface area contributed by atoms with Gasteiger partial charge in [0.15, 0.2) is 0 Å². The summed E-state index contributed by atoms with van der Waals surface area (Å²) in [6.45, 7) is 9.93. The van der Waals surface area contributed by atoms with Crippen LogP contribution in [0.4, 0.5) is 0 Å². The van der Waals surface area contributed by atoms with Crippen molar-refractivity contribution < 1.29 is 4.79 Å². The smallest absolute Gasteiger partial charge is 0.255 e. The standard InChI is InChI=1S/C20H28INOSi/c1-20(14-8-10-16-24(2,3)4)13-7-9-15-22(20)19(23)17-11-5-6-12-18(17)21/h5-6,11-12H,7-9,13-15H2,1-4H3. The van der Waals surface area contributed by atoms with Crippen molar-refractivity contribution in [1.82, 2.24) is 4.90 Å². The minimum absolute atomic E-state index is 0.0671. The van der Waals surface area contributed by atoms with Gasteiger partial charge in [-0.25, -0.2) is 0 Å². The fraction of sp³-hybridized carbons (Fsp3) is 0.550. The molecule has 1 atom stereocenters. The maximum absolute atomic E-state index is 13.1. The molecule has 0 N–H and O–H groups in total. The molecule has 1 heterocycles. The lowest BCUT2D eigenvalue weighted by Crippen LogP contribution is -2.52. The first-order chi connectivity index (χ1) is 11.2. The van der Waals surface area contributed by atoms with Gasteiger partial charge in [0, 0.05) is 22.1 Å². The highest BCUT2D eigenvalue weighted by atomic mass is 127. The van der Waals surface area contributed by atoms with E-state index in [1.54, 1.807) is 0 Å². The number of piperidine rings is 1. The number of amides is 1. The summed E-state index contributed by atoms with van der Waals surface area (Å²) in [6.07, 6.45) is 5.24. The van der Waals surface area contributed by atoms with E-state index in [-0.39, 0.29) is 11.4 Å². The Morgan fingerprint density at radius 1 is 1.29 bits per heavy atom. The number of nitrogens with zero attached hydrogens (tertiary/aromatic N) is 1. The number of likely N-dealkylation sites (tertiary alicyclic amines) is 1. The highest BCUT2D eigenvalue weighted by Crippen LogP contribution is 2.33.